The normalized spacial score (nSPS) is 13.1. The molecule has 0 aromatic heterocycles. The van der Waals surface area contributed by atoms with Crippen LogP contribution in [0.5, 0.6) is 0 Å². The van der Waals surface area contributed by atoms with Crippen LogP contribution < -0.4 is 5.73 Å². The molecule has 0 fully saturated rings. The van der Waals surface area contributed by atoms with Crippen molar-refractivity contribution in [3.8, 4) is 0 Å². The summed E-state index contributed by atoms with van der Waals surface area (Å²) in [5.41, 5.74) is 5.31. The molecule has 0 spiro atoms. The van der Waals surface area contributed by atoms with Gasteiger partial charge in [-0.1, -0.05) is 26.2 Å². The molecule has 0 saturated carbocycles. The summed E-state index contributed by atoms with van der Waals surface area (Å²) in [5.74, 6) is -0.380. The second-order valence-electron chi connectivity index (χ2n) is 3.45. The largest absolute Gasteiger partial charge is 0.434 e. The van der Waals surface area contributed by atoms with Crippen molar-refractivity contribution in [2.24, 2.45) is 5.73 Å². The average molecular weight is 199 g/mol. The van der Waals surface area contributed by atoms with Crippen LogP contribution in [0.1, 0.15) is 46.0 Å². The molecule has 0 amide bonds. The third-order valence-electron chi connectivity index (χ3n) is 1.88. The van der Waals surface area contributed by atoms with Gasteiger partial charge in [0.25, 0.3) is 0 Å². The van der Waals surface area contributed by atoms with E-state index in [1.165, 1.54) is 25.5 Å². The van der Waals surface area contributed by atoms with Crippen LogP contribution >= 0.6 is 0 Å². The van der Waals surface area contributed by atoms with Gasteiger partial charge in [0, 0.05) is 0 Å². The van der Waals surface area contributed by atoms with E-state index in [4.69, 9.17) is 10.5 Å². The fourth-order valence-corrected chi connectivity index (χ4v) is 0.980. The Hall–Kier alpha value is -0.830. The first-order valence-electron chi connectivity index (χ1n) is 5.29. The van der Waals surface area contributed by atoms with E-state index in [1.807, 2.05) is 6.08 Å². The number of carbonyl (C=O) groups is 1. The molecule has 0 bridgehead atoms. The average Bonchev–Trinajstić information content (AvgIpc) is 2.16. The lowest BCUT2D eigenvalue weighted by atomic mass is 10.1. The van der Waals surface area contributed by atoms with Gasteiger partial charge in [0.05, 0.1) is 6.26 Å². The molecular formula is C11H21NO2. The van der Waals surface area contributed by atoms with Gasteiger partial charge in [-0.3, -0.25) is 0 Å². The van der Waals surface area contributed by atoms with Crippen molar-refractivity contribution in [3.63, 3.8) is 0 Å². The highest BCUT2D eigenvalue weighted by Crippen LogP contribution is 2.02. The highest BCUT2D eigenvalue weighted by atomic mass is 16.5. The van der Waals surface area contributed by atoms with E-state index >= 15 is 0 Å². The number of rotatable bonds is 7. The zero-order valence-corrected chi connectivity index (χ0v) is 9.16. The van der Waals surface area contributed by atoms with Gasteiger partial charge < -0.3 is 10.5 Å². The highest BCUT2D eigenvalue weighted by Gasteiger charge is 2.05. The van der Waals surface area contributed by atoms with Crippen molar-refractivity contribution < 1.29 is 9.53 Å². The number of esters is 1. The second-order valence-corrected chi connectivity index (χ2v) is 3.45. The van der Waals surface area contributed by atoms with Crippen LogP contribution in [0.2, 0.25) is 0 Å². The molecule has 0 aromatic carbocycles. The third-order valence-corrected chi connectivity index (χ3v) is 1.88. The maximum absolute atomic E-state index is 10.9. The van der Waals surface area contributed by atoms with E-state index in [-0.39, 0.29) is 5.97 Å². The minimum atomic E-state index is -0.542. The Morgan fingerprint density at radius 2 is 2.14 bits per heavy atom. The first-order chi connectivity index (χ1) is 6.68. The maximum atomic E-state index is 10.9. The van der Waals surface area contributed by atoms with Crippen molar-refractivity contribution >= 4 is 5.97 Å². The Morgan fingerprint density at radius 1 is 1.43 bits per heavy atom. The van der Waals surface area contributed by atoms with Gasteiger partial charge >= 0.3 is 5.97 Å². The third kappa shape index (κ3) is 7.80. The summed E-state index contributed by atoms with van der Waals surface area (Å²) in [6.07, 6.45) is 9.18. The smallest absolute Gasteiger partial charge is 0.327 e. The van der Waals surface area contributed by atoms with E-state index in [1.54, 1.807) is 6.92 Å². The van der Waals surface area contributed by atoms with Gasteiger partial charge in [-0.15, -0.1) is 0 Å². The fourth-order valence-electron chi connectivity index (χ4n) is 0.980. The number of allylic oxidation sites excluding steroid dienone is 1. The summed E-state index contributed by atoms with van der Waals surface area (Å²) in [4.78, 5) is 10.9. The molecule has 2 N–H and O–H groups in total. The monoisotopic (exact) mass is 199 g/mol. The number of hydrogen-bond donors (Lipinski definition) is 1. The lowest BCUT2D eigenvalue weighted by Crippen LogP contribution is -2.27. The van der Waals surface area contributed by atoms with Crippen LogP contribution in [0.25, 0.3) is 0 Å². The van der Waals surface area contributed by atoms with E-state index in [2.05, 4.69) is 6.92 Å². The number of hydrogen-bond acceptors (Lipinski definition) is 3. The Kier molecular flexibility index (Phi) is 8.24. The van der Waals surface area contributed by atoms with Crippen molar-refractivity contribution in [2.75, 3.05) is 0 Å². The zero-order chi connectivity index (χ0) is 10.8. The summed E-state index contributed by atoms with van der Waals surface area (Å²) in [7, 11) is 0. The van der Waals surface area contributed by atoms with E-state index in [9.17, 15) is 4.79 Å². The summed E-state index contributed by atoms with van der Waals surface area (Å²) in [6, 6.07) is -0.542. The Morgan fingerprint density at radius 3 is 2.71 bits per heavy atom. The van der Waals surface area contributed by atoms with Crippen LogP contribution in [-0.2, 0) is 9.53 Å². The molecule has 0 rings (SSSR count). The Labute approximate surface area is 86.3 Å². The molecular weight excluding hydrogens is 178 g/mol. The number of ether oxygens (including phenoxy) is 1. The summed E-state index contributed by atoms with van der Waals surface area (Å²) in [6.45, 7) is 3.79. The van der Waals surface area contributed by atoms with Crippen LogP contribution in [0, 0.1) is 0 Å². The summed E-state index contributed by atoms with van der Waals surface area (Å²) < 4.78 is 4.77. The SMILES string of the molecule is CCCCCCC=COC(=O)[C@H](C)N. The lowest BCUT2D eigenvalue weighted by molar-refractivity contribution is -0.139. The minimum absolute atomic E-state index is 0.380. The number of unbranched alkanes of at least 4 members (excludes halogenated alkanes) is 4. The summed E-state index contributed by atoms with van der Waals surface area (Å²) in [5, 5.41) is 0. The molecule has 0 aromatic rings. The van der Waals surface area contributed by atoms with Gasteiger partial charge in [-0.25, -0.2) is 4.79 Å². The minimum Gasteiger partial charge on any atom is -0.434 e. The van der Waals surface area contributed by atoms with Gasteiger partial charge in [-0.05, 0) is 25.8 Å². The van der Waals surface area contributed by atoms with Crippen LogP contribution in [0.3, 0.4) is 0 Å². The molecule has 3 nitrogen and oxygen atoms in total. The van der Waals surface area contributed by atoms with Gasteiger partial charge in [-0.2, -0.15) is 0 Å². The predicted molar refractivity (Wildman–Crippen MR) is 57.6 cm³/mol. The Bertz CT molecular complexity index is 176. The molecule has 0 aliphatic heterocycles. The molecule has 0 radical (unpaired) electrons. The van der Waals surface area contributed by atoms with Crippen LogP contribution in [-0.4, -0.2) is 12.0 Å². The topological polar surface area (TPSA) is 52.3 Å². The molecule has 0 heterocycles. The predicted octanol–water partition coefficient (Wildman–Crippen LogP) is 2.36. The molecule has 0 aliphatic carbocycles. The fraction of sp³-hybridized carbons (Fsp3) is 0.727. The van der Waals surface area contributed by atoms with Gasteiger partial charge in [0.2, 0.25) is 0 Å². The highest BCUT2D eigenvalue weighted by molar-refractivity contribution is 5.75. The molecule has 0 aliphatic rings. The molecule has 3 heteroatoms. The number of nitrogens with two attached hydrogens (primary N) is 1. The van der Waals surface area contributed by atoms with Crippen molar-refractivity contribution in [1.29, 1.82) is 0 Å². The molecule has 0 unspecified atom stereocenters. The second kappa shape index (κ2) is 8.75. The summed E-state index contributed by atoms with van der Waals surface area (Å²) >= 11 is 0. The van der Waals surface area contributed by atoms with Crippen molar-refractivity contribution in [2.45, 2.75) is 52.0 Å². The van der Waals surface area contributed by atoms with Crippen LogP contribution in [0.15, 0.2) is 12.3 Å². The van der Waals surface area contributed by atoms with Crippen molar-refractivity contribution in [3.05, 3.63) is 12.3 Å². The lowest BCUT2D eigenvalue weighted by Gasteiger charge is -2.01. The quantitative estimate of drug-likeness (QED) is 0.389. The first kappa shape index (κ1) is 13.2. The van der Waals surface area contributed by atoms with Gasteiger partial charge in [0.1, 0.15) is 6.04 Å². The standard InChI is InChI=1S/C11H21NO2/c1-3-4-5-6-7-8-9-14-11(13)10(2)12/h8-10H,3-7,12H2,1-2H3/t10-/m0/s1. The molecule has 1 atom stereocenters. The maximum Gasteiger partial charge on any atom is 0.327 e. The molecule has 14 heavy (non-hydrogen) atoms. The molecule has 82 valence electrons. The number of carbonyl (C=O) groups excluding carboxylic acids is 1. The molecule has 0 saturated heterocycles. The van der Waals surface area contributed by atoms with Crippen LogP contribution in [0.4, 0.5) is 0 Å². The van der Waals surface area contributed by atoms with E-state index < -0.39 is 6.04 Å². The van der Waals surface area contributed by atoms with E-state index in [0.717, 1.165) is 12.8 Å². The zero-order valence-electron chi connectivity index (χ0n) is 9.16. The van der Waals surface area contributed by atoms with Crippen molar-refractivity contribution in [1.82, 2.24) is 0 Å². The van der Waals surface area contributed by atoms with Gasteiger partial charge in [0.15, 0.2) is 0 Å². The first-order valence-corrected chi connectivity index (χ1v) is 5.29. The Balaban J connectivity index is 3.32. The van der Waals surface area contributed by atoms with E-state index in [0.29, 0.717) is 0 Å².